The van der Waals surface area contributed by atoms with Crippen molar-refractivity contribution in [3.05, 3.63) is 0 Å². The zero-order chi connectivity index (χ0) is 41.4. The Hall–Kier alpha value is -5.11. The topological polar surface area (TPSA) is 405 Å². The minimum Gasteiger partial charge on any atom is -0.480 e. The van der Waals surface area contributed by atoms with Crippen molar-refractivity contribution in [3.63, 3.8) is 0 Å². The maximum absolute atomic E-state index is 13.2. The van der Waals surface area contributed by atoms with Crippen molar-refractivity contribution < 1.29 is 68.4 Å². The van der Waals surface area contributed by atoms with Gasteiger partial charge in [0.15, 0.2) is 6.04 Å². The van der Waals surface area contributed by atoms with E-state index >= 15 is 0 Å². The molecule has 9 atom stereocenters. The number of carboxylic acid groups (broad SMARTS) is 1. The molecule has 25 heteroatoms. The van der Waals surface area contributed by atoms with Gasteiger partial charge in [-0.3, -0.25) is 43.2 Å². The van der Waals surface area contributed by atoms with Gasteiger partial charge < -0.3 is 74.4 Å². The van der Waals surface area contributed by atoms with Gasteiger partial charge in [0.05, 0.1) is 38.2 Å². The van der Waals surface area contributed by atoms with Gasteiger partial charge in [-0.15, -0.1) is 0 Å². The van der Waals surface area contributed by atoms with E-state index in [1.807, 2.05) is 10.6 Å². The van der Waals surface area contributed by atoms with Gasteiger partial charge in [-0.05, 0) is 26.7 Å². The number of hydrogen-bond acceptors (Lipinski definition) is 15. The highest BCUT2D eigenvalue weighted by Gasteiger charge is 2.38. The number of carbonyl (C=O) groups is 10. The second kappa shape index (κ2) is 22.2. The number of carboxylic acids is 1. The molecule has 304 valence electrons. The third kappa shape index (κ3) is 14.4. The van der Waals surface area contributed by atoms with Crippen LogP contribution in [0.1, 0.15) is 39.5 Å². The van der Waals surface area contributed by atoms with Gasteiger partial charge in [-0.25, -0.2) is 4.79 Å². The molecule has 0 radical (unpaired) electrons. The molecule has 0 saturated carbocycles. The molecule has 0 aromatic heterocycles. The van der Waals surface area contributed by atoms with Gasteiger partial charge >= 0.3 is 5.97 Å². The number of hydrogen-bond donors (Lipinski definition) is 14. The van der Waals surface area contributed by atoms with Crippen molar-refractivity contribution in [2.45, 2.75) is 94.0 Å². The SMILES string of the molecule is CC(NC(=O)C(CO)NC(=O)C1CCCN1C(=O)C(N)CS)C(=O)NC(CC(N)=O)C(=O)NC(CC(N)=O)C(=O)NC(CO)C(=O)NC(C(=O)O)C(C)O. The van der Waals surface area contributed by atoms with E-state index in [-0.39, 0.29) is 18.7 Å². The van der Waals surface area contributed by atoms with E-state index in [9.17, 15) is 63.3 Å². The predicted molar refractivity (Wildman–Crippen MR) is 185 cm³/mol. The van der Waals surface area contributed by atoms with Crippen molar-refractivity contribution in [1.82, 2.24) is 36.8 Å². The standard InChI is InChI=1S/C29H48N10O14S/c1-11(33-25(48)16(8-40)37-27(50)18-4-3-5-39(18)28(51)13(30)10-54)22(45)34-14(6-19(31)43)23(46)35-15(7-20(32)44)24(47)36-17(9-41)26(49)38-21(12(2)42)29(52)53/h11-18,21,40-42,54H,3-10,30H2,1-2H3,(H2,31,43)(H2,32,44)(H,33,48)(H,34,45)(H,35,46)(H,36,47)(H,37,50)(H,38,49)(H,52,53). The lowest BCUT2D eigenvalue weighted by Gasteiger charge is -2.28. The molecule has 9 unspecified atom stereocenters. The fraction of sp³-hybridized carbons (Fsp3) is 0.655. The van der Waals surface area contributed by atoms with Gasteiger partial charge in [0.25, 0.3) is 0 Å². The van der Waals surface area contributed by atoms with Crippen molar-refractivity contribution >= 4 is 71.8 Å². The van der Waals surface area contributed by atoms with Crippen LogP contribution in [-0.4, -0.2) is 164 Å². The number of nitrogens with two attached hydrogens (primary N) is 3. The lowest BCUT2D eigenvalue weighted by atomic mass is 10.1. The zero-order valence-corrected chi connectivity index (χ0v) is 30.2. The first kappa shape index (κ1) is 46.9. The fourth-order valence-electron chi connectivity index (χ4n) is 4.93. The molecule has 9 amide bonds. The number of thiol groups is 1. The summed E-state index contributed by atoms with van der Waals surface area (Å²) in [6, 6.07) is -12.5. The molecule has 1 fully saturated rings. The number of carbonyl (C=O) groups excluding carboxylic acids is 9. The van der Waals surface area contributed by atoms with Crippen LogP contribution in [0.2, 0.25) is 0 Å². The molecule has 1 heterocycles. The number of aliphatic hydroxyl groups is 3. The quantitative estimate of drug-likeness (QED) is 0.0453. The molecule has 0 spiro atoms. The number of likely N-dealkylation sites (tertiary alicyclic amines) is 1. The summed E-state index contributed by atoms with van der Waals surface area (Å²) in [6.45, 7) is 0.354. The molecule has 16 N–H and O–H groups in total. The van der Waals surface area contributed by atoms with Crippen LogP contribution in [0, 0.1) is 0 Å². The van der Waals surface area contributed by atoms with E-state index in [1.54, 1.807) is 0 Å². The summed E-state index contributed by atoms with van der Waals surface area (Å²) in [5.74, 6) is -11.3. The van der Waals surface area contributed by atoms with Gasteiger partial charge in [0, 0.05) is 12.3 Å². The summed E-state index contributed by atoms with van der Waals surface area (Å²) in [5.41, 5.74) is 16.1. The Morgan fingerprint density at radius 2 is 1.17 bits per heavy atom. The van der Waals surface area contributed by atoms with Crippen LogP contribution in [0.15, 0.2) is 0 Å². The molecular formula is C29H48N10O14S. The Morgan fingerprint density at radius 1 is 0.722 bits per heavy atom. The summed E-state index contributed by atoms with van der Waals surface area (Å²) in [4.78, 5) is 126. The zero-order valence-electron chi connectivity index (χ0n) is 29.4. The highest BCUT2D eigenvalue weighted by Crippen LogP contribution is 2.18. The summed E-state index contributed by atoms with van der Waals surface area (Å²) in [5, 5.41) is 50.8. The average molecular weight is 793 g/mol. The van der Waals surface area contributed by atoms with Crippen LogP contribution in [0.5, 0.6) is 0 Å². The van der Waals surface area contributed by atoms with E-state index in [1.165, 1.54) is 4.90 Å². The Balaban J connectivity index is 3.03. The third-order valence-corrected chi connectivity index (χ3v) is 8.25. The molecular weight excluding hydrogens is 744 g/mol. The molecule has 24 nitrogen and oxygen atoms in total. The first-order valence-electron chi connectivity index (χ1n) is 16.4. The number of nitrogens with one attached hydrogen (secondary N) is 6. The summed E-state index contributed by atoms with van der Waals surface area (Å²) in [7, 11) is 0. The first-order valence-corrected chi connectivity index (χ1v) is 17.0. The van der Waals surface area contributed by atoms with E-state index in [2.05, 4.69) is 33.9 Å². The Morgan fingerprint density at radius 3 is 1.61 bits per heavy atom. The minimum atomic E-state index is -1.90. The lowest BCUT2D eigenvalue weighted by Crippen LogP contribution is -2.61. The number of aliphatic hydroxyl groups excluding tert-OH is 3. The van der Waals surface area contributed by atoms with E-state index in [0.717, 1.165) is 13.8 Å². The van der Waals surface area contributed by atoms with Crippen LogP contribution >= 0.6 is 12.6 Å². The van der Waals surface area contributed by atoms with Crippen molar-refractivity contribution in [2.75, 3.05) is 25.5 Å². The monoisotopic (exact) mass is 792 g/mol. The second-order valence-corrected chi connectivity index (χ2v) is 12.6. The maximum Gasteiger partial charge on any atom is 0.328 e. The average Bonchev–Trinajstić information content (AvgIpc) is 3.59. The summed E-state index contributed by atoms with van der Waals surface area (Å²) >= 11 is 3.99. The van der Waals surface area contributed by atoms with E-state index in [0.29, 0.717) is 6.42 Å². The normalized spacial score (nSPS) is 18.2. The number of primary amides is 2. The second-order valence-electron chi connectivity index (χ2n) is 12.2. The van der Waals surface area contributed by atoms with E-state index in [4.69, 9.17) is 22.3 Å². The molecule has 0 aromatic rings. The Labute approximate surface area is 313 Å². The fourth-order valence-corrected chi connectivity index (χ4v) is 5.09. The Bertz CT molecular complexity index is 1440. The van der Waals surface area contributed by atoms with Gasteiger partial charge in [0.2, 0.25) is 53.2 Å². The van der Waals surface area contributed by atoms with Crippen LogP contribution in [0.4, 0.5) is 0 Å². The number of amides is 9. The summed E-state index contributed by atoms with van der Waals surface area (Å²) in [6.07, 6.45) is -2.69. The van der Waals surface area contributed by atoms with E-state index < -0.39 is 140 Å². The molecule has 54 heavy (non-hydrogen) atoms. The third-order valence-electron chi connectivity index (χ3n) is 7.86. The molecule has 0 aromatic carbocycles. The minimum absolute atomic E-state index is 0.0196. The molecule has 1 aliphatic heterocycles. The maximum atomic E-state index is 13.2. The molecule has 1 saturated heterocycles. The molecule has 0 bridgehead atoms. The smallest absolute Gasteiger partial charge is 0.328 e. The van der Waals surface area contributed by atoms with Gasteiger partial charge in [-0.2, -0.15) is 12.6 Å². The highest BCUT2D eigenvalue weighted by molar-refractivity contribution is 7.80. The lowest BCUT2D eigenvalue weighted by molar-refractivity contribution is -0.145. The van der Waals surface area contributed by atoms with Gasteiger partial charge in [0.1, 0.15) is 36.3 Å². The van der Waals surface area contributed by atoms with Crippen molar-refractivity contribution in [2.24, 2.45) is 17.2 Å². The van der Waals surface area contributed by atoms with Crippen LogP contribution in [-0.2, 0) is 47.9 Å². The number of nitrogens with zero attached hydrogens (tertiary/aromatic N) is 1. The predicted octanol–water partition coefficient (Wildman–Crippen LogP) is -8.64. The molecule has 1 aliphatic rings. The van der Waals surface area contributed by atoms with Crippen molar-refractivity contribution in [3.8, 4) is 0 Å². The van der Waals surface area contributed by atoms with Crippen LogP contribution < -0.4 is 49.1 Å². The van der Waals surface area contributed by atoms with Crippen molar-refractivity contribution in [1.29, 1.82) is 0 Å². The van der Waals surface area contributed by atoms with Gasteiger partial charge in [-0.1, -0.05) is 0 Å². The first-order chi connectivity index (χ1) is 25.2. The van der Waals surface area contributed by atoms with Crippen LogP contribution in [0.25, 0.3) is 0 Å². The summed E-state index contributed by atoms with van der Waals surface area (Å²) < 4.78 is 0. The largest absolute Gasteiger partial charge is 0.480 e. The number of aliphatic carboxylic acids is 1. The number of rotatable bonds is 22. The molecule has 0 aliphatic carbocycles. The van der Waals surface area contributed by atoms with Crippen LogP contribution in [0.3, 0.4) is 0 Å². The highest BCUT2D eigenvalue weighted by atomic mass is 32.1. The molecule has 1 rings (SSSR count). The Kier molecular flexibility index (Phi) is 19.3.